The fraction of sp³-hybridized carbons (Fsp3) is 0.235. The zero-order valence-corrected chi connectivity index (χ0v) is 12.5. The third-order valence-corrected chi connectivity index (χ3v) is 3.79. The van der Waals surface area contributed by atoms with Crippen molar-refractivity contribution in [3.8, 4) is 11.8 Å². The first-order valence-electron chi connectivity index (χ1n) is 7.43. The molecule has 3 rings (SSSR count). The second kappa shape index (κ2) is 6.36. The number of rotatable bonds is 3. The number of carbonyl (C=O) groups is 1. The maximum Gasteiger partial charge on any atom is 0.255 e. The molecule has 0 atom stereocenters. The Kier molecular flexibility index (Phi) is 4.11. The molecule has 0 spiro atoms. The molecule has 1 aromatic carbocycles. The summed E-state index contributed by atoms with van der Waals surface area (Å²) in [7, 11) is 0. The highest BCUT2D eigenvalue weighted by molar-refractivity contribution is 5.94. The maximum atomic E-state index is 12.2. The van der Waals surface area contributed by atoms with Crippen LogP contribution in [0, 0.1) is 11.3 Å². The molecule has 0 unspecified atom stereocenters. The van der Waals surface area contributed by atoms with Gasteiger partial charge in [-0.25, -0.2) is 4.98 Å². The average molecular weight is 308 g/mol. The molecule has 6 nitrogen and oxygen atoms in total. The Morgan fingerprint density at radius 2 is 2.04 bits per heavy atom. The first-order valence-corrected chi connectivity index (χ1v) is 7.43. The first-order chi connectivity index (χ1) is 11.2. The lowest BCUT2D eigenvalue weighted by molar-refractivity contribution is 0.0792. The van der Waals surface area contributed by atoms with E-state index in [4.69, 9.17) is 5.26 Å². The summed E-state index contributed by atoms with van der Waals surface area (Å²) >= 11 is 0. The number of phenols is 1. The molecule has 1 fully saturated rings. The van der Waals surface area contributed by atoms with Crippen LogP contribution >= 0.6 is 0 Å². The van der Waals surface area contributed by atoms with Gasteiger partial charge in [-0.1, -0.05) is 0 Å². The minimum Gasteiger partial charge on any atom is -0.506 e. The molecule has 2 aromatic rings. The molecule has 2 heterocycles. The predicted molar refractivity (Wildman–Crippen MR) is 85.5 cm³/mol. The van der Waals surface area contributed by atoms with Crippen molar-refractivity contribution < 1.29 is 9.90 Å². The average Bonchev–Trinajstić information content (AvgIpc) is 3.11. The number of hydrogen-bond donors (Lipinski definition) is 2. The number of amides is 1. The van der Waals surface area contributed by atoms with E-state index in [0.717, 1.165) is 25.9 Å². The van der Waals surface area contributed by atoms with Gasteiger partial charge in [0.25, 0.3) is 5.91 Å². The molecule has 1 amide bonds. The van der Waals surface area contributed by atoms with Crippen LogP contribution in [-0.4, -0.2) is 34.0 Å². The van der Waals surface area contributed by atoms with Crippen molar-refractivity contribution in [2.45, 2.75) is 12.8 Å². The van der Waals surface area contributed by atoms with E-state index in [0.29, 0.717) is 22.6 Å². The van der Waals surface area contributed by atoms with Crippen LogP contribution in [0.3, 0.4) is 0 Å². The molecule has 1 aromatic heterocycles. The van der Waals surface area contributed by atoms with Crippen LogP contribution in [0.15, 0.2) is 36.5 Å². The molecule has 1 saturated heterocycles. The highest BCUT2D eigenvalue weighted by Crippen LogP contribution is 2.27. The van der Waals surface area contributed by atoms with E-state index >= 15 is 0 Å². The Hall–Kier alpha value is -3.07. The number of nitrogens with zero attached hydrogens (tertiary/aromatic N) is 3. The number of pyridine rings is 1. The largest absolute Gasteiger partial charge is 0.506 e. The van der Waals surface area contributed by atoms with Gasteiger partial charge in [0.2, 0.25) is 0 Å². The summed E-state index contributed by atoms with van der Waals surface area (Å²) in [4.78, 5) is 18.3. The third-order valence-electron chi connectivity index (χ3n) is 3.79. The number of nitriles is 1. The minimum absolute atomic E-state index is 0.00382. The van der Waals surface area contributed by atoms with Crippen LogP contribution in [0.5, 0.6) is 5.75 Å². The summed E-state index contributed by atoms with van der Waals surface area (Å²) < 4.78 is 0. The molecule has 1 aliphatic heterocycles. The second-order valence-corrected chi connectivity index (χ2v) is 5.40. The van der Waals surface area contributed by atoms with Crippen LogP contribution in [0.2, 0.25) is 0 Å². The second-order valence-electron chi connectivity index (χ2n) is 5.40. The van der Waals surface area contributed by atoms with Crippen molar-refractivity contribution in [1.82, 2.24) is 9.88 Å². The lowest BCUT2D eigenvalue weighted by atomic mass is 10.2. The van der Waals surface area contributed by atoms with E-state index in [1.54, 1.807) is 18.2 Å². The number of carbonyl (C=O) groups excluding carboxylic acids is 1. The number of hydrogen-bond acceptors (Lipinski definition) is 5. The van der Waals surface area contributed by atoms with Gasteiger partial charge in [0.1, 0.15) is 11.6 Å². The van der Waals surface area contributed by atoms with E-state index in [1.807, 2.05) is 11.0 Å². The molecular weight excluding hydrogens is 292 g/mol. The summed E-state index contributed by atoms with van der Waals surface area (Å²) in [5, 5.41) is 21.7. The zero-order chi connectivity index (χ0) is 16.2. The van der Waals surface area contributed by atoms with E-state index < -0.39 is 0 Å². The molecule has 0 radical (unpaired) electrons. The molecular formula is C17H16N4O2. The van der Waals surface area contributed by atoms with E-state index in [-0.39, 0.29) is 11.7 Å². The van der Waals surface area contributed by atoms with Crippen molar-refractivity contribution in [2.75, 3.05) is 18.4 Å². The SMILES string of the molecule is N#Cc1ccc(O)c(Nc2ccc(C(=O)N3CCCC3)cn2)c1. The lowest BCUT2D eigenvalue weighted by Crippen LogP contribution is -2.27. The molecule has 0 saturated carbocycles. The van der Waals surface area contributed by atoms with Crippen molar-refractivity contribution in [2.24, 2.45) is 0 Å². The molecule has 0 bridgehead atoms. The summed E-state index contributed by atoms with van der Waals surface area (Å²) in [5.41, 5.74) is 1.38. The monoisotopic (exact) mass is 308 g/mol. The van der Waals surface area contributed by atoms with Gasteiger partial charge in [-0.15, -0.1) is 0 Å². The summed E-state index contributed by atoms with van der Waals surface area (Å²) in [6.07, 6.45) is 3.62. The summed E-state index contributed by atoms with van der Waals surface area (Å²) in [6, 6.07) is 9.93. The third kappa shape index (κ3) is 3.24. The Bertz CT molecular complexity index is 759. The fourth-order valence-electron chi connectivity index (χ4n) is 2.54. The number of benzene rings is 1. The van der Waals surface area contributed by atoms with Gasteiger partial charge in [0, 0.05) is 19.3 Å². The quantitative estimate of drug-likeness (QED) is 0.851. The highest BCUT2D eigenvalue weighted by Gasteiger charge is 2.19. The van der Waals surface area contributed by atoms with Gasteiger partial charge < -0.3 is 15.3 Å². The minimum atomic E-state index is -0.00382. The Morgan fingerprint density at radius 3 is 2.70 bits per heavy atom. The fourth-order valence-corrected chi connectivity index (χ4v) is 2.54. The molecule has 2 N–H and O–H groups in total. The molecule has 6 heteroatoms. The van der Waals surface area contributed by atoms with Crippen LogP contribution in [-0.2, 0) is 0 Å². The number of aromatic hydroxyl groups is 1. The Balaban J connectivity index is 1.75. The normalized spacial score (nSPS) is 13.6. The van der Waals surface area contributed by atoms with Crippen molar-refractivity contribution in [1.29, 1.82) is 5.26 Å². The standard InChI is InChI=1S/C17H16N4O2/c18-10-12-3-5-15(22)14(9-12)20-16-6-4-13(11-19-16)17(23)21-7-1-2-8-21/h3-6,9,11,22H,1-2,7-8H2,(H,19,20). The van der Waals surface area contributed by atoms with Crippen molar-refractivity contribution in [3.63, 3.8) is 0 Å². The van der Waals surface area contributed by atoms with Gasteiger partial charge >= 0.3 is 0 Å². The van der Waals surface area contributed by atoms with Crippen LogP contribution in [0.25, 0.3) is 0 Å². The van der Waals surface area contributed by atoms with Crippen molar-refractivity contribution in [3.05, 3.63) is 47.7 Å². The molecule has 0 aliphatic carbocycles. The molecule has 23 heavy (non-hydrogen) atoms. The van der Waals surface area contributed by atoms with Gasteiger partial charge in [0.05, 0.1) is 22.9 Å². The van der Waals surface area contributed by atoms with E-state index in [1.165, 1.54) is 18.3 Å². The van der Waals surface area contributed by atoms with E-state index in [2.05, 4.69) is 10.3 Å². The van der Waals surface area contributed by atoms with Crippen molar-refractivity contribution >= 4 is 17.4 Å². The number of phenolic OH excluding ortho intramolecular Hbond substituents is 1. The van der Waals surface area contributed by atoms with Crippen LogP contribution in [0.4, 0.5) is 11.5 Å². The zero-order valence-electron chi connectivity index (χ0n) is 12.5. The molecule has 116 valence electrons. The molecule has 1 aliphatic rings. The van der Waals surface area contributed by atoms with Gasteiger partial charge in [0.15, 0.2) is 0 Å². The number of anilines is 2. The lowest BCUT2D eigenvalue weighted by Gasteiger charge is -2.15. The van der Waals surface area contributed by atoms with Crippen LogP contribution < -0.4 is 5.32 Å². The number of likely N-dealkylation sites (tertiary alicyclic amines) is 1. The number of nitrogens with one attached hydrogen (secondary N) is 1. The van der Waals surface area contributed by atoms with Gasteiger partial charge in [-0.2, -0.15) is 5.26 Å². The maximum absolute atomic E-state index is 12.2. The predicted octanol–water partition coefficient (Wildman–Crippen LogP) is 2.64. The van der Waals surface area contributed by atoms with Crippen LogP contribution in [0.1, 0.15) is 28.8 Å². The highest BCUT2D eigenvalue weighted by atomic mass is 16.3. The Morgan fingerprint density at radius 1 is 1.26 bits per heavy atom. The Labute approximate surface area is 134 Å². The van der Waals surface area contributed by atoms with Gasteiger partial charge in [-0.05, 0) is 43.2 Å². The topological polar surface area (TPSA) is 89.2 Å². The number of aromatic nitrogens is 1. The summed E-state index contributed by atoms with van der Waals surface area (Å²) in [6.45, 7) is 1.60. The van der Waals surface area contributed by atoms with Gasteiger partial charge in [-0.3, -0.25) is 4.79 Å². The van der Waals surface area contributed by atoms with E-state index in [9.17, 15) is 9.90 Å². The first kappa shape index (κ1) is 14.9. The summed E-state index contributed by atoms with van der Waals surface area (Å²) in [5.74, 6) is 0.521. The smallest absolute Gasteiger partial charge is 0.255 e.